The first-order valence-corrected chi connectivity index (χ1v) is 9.58. The molecule has 3 aliphatic heterocycles. The maximum atomic E-state index is 13.2. The van der Waals surface area contributed by atoms with Gasteiger partial charge in [-0.05, 0) is 25.3 Å². The number of urea groups is 1. The number of carbonyl (C=O) groups is 2. The molecule has 7 heteroatoms. The lowest BCUT2D eigenvalue weighted by atomic mass is 10.1. The second-order valence-corrected chi connectivity index (χ2v) is 7.34. The third-order valence-electron chi connectivity index (χ3n) is 5.50. The second-order valence-electron chi connectivity index (χ2n) is 7.34. The first kappa shape index (κ1) is 18.3. The fourth-order valence-corrected chi connectivity index (χ4v) is 4.05. The lowest BCUT2D eigenvalue weighted by molar-refractivity contribution is -0.136. The Balaban J connectivity index is 1.50. The predicted molar refractivity (Wildman–Crippen MR) is 107 cm³/mol. The number of likely N-dealkylation sites (N-methyl/N-ethyl adjacent to an activating group) is 1. The SMILES string of the molecule is C=CCN1C(C)=CN2C1=NC1C2C(=O)N(CCCc2ccccc2)C(=O)N1C. The van der Waals surface area contributed by atoms with E-state index in [0.717, 1.165) is 18.5 Å². The Morgan fingerprint density at radius 3 is 2.64 bits per heavy atom. The van der Waals surface area contributed by atoms with Crippen molar-refractivity contribution in [3.05, 3.63) is 60.4 Å². The van der Waals surface area contributed by atoms with E-state index in [0.29, 0.717) is 19.0 Å². The van der Waals surface area contributed by atoms with Crippen LogP contribution in [0.1, 0.15) is 18.9 Å². The minimum atomic E-state index is -0.501. The Hall–Kier alpha value is -3.09. The van der Waals surface area contributed by atoms with Crippen LogP contribution in [-0.2, 0) is 11.2 Å². The van der Waals surface area contributed by atoms with Gasteiger partial charge in [-0.15, -0.1) is 6.58 Å². The first-order valence-electron chi connectivity index (χ1n) is 9.58. The summed E-state index contributed by atoms with van der Waals surface area (Å²) in [5.41, 5.74) is 2.22. The average Bonchev–Trinajstić information content (AvgIpc) is 3.20. The van der Waals surface area contributed by atoms with Crippen molar-refractivity contribution in [3.63, 3.8) is 0 Å². The fraction of sp³-hybridized carbons (Fsp3) is 0.381. The monoisotopic (exact) mass is 379 g/mol. The van der Waals surface area contributed by atoms with Crippen LogP contribution in [0.4, 0.5) is 4.79 Å². The average molecular weight is 379 g/mol. The number of hydrogen-bond donors (Lipinski definition) is 0. The van der Waals surface area contributed by atoms with Crippen LogP contribution in [0.5, 0.6) is 0 Å². The summed E-state index contributed by atoms with van der Waals surface area (Å²) >= 11 is 0. The predicted octanol–water partition coefficient (Wildman–Crippen LogP) is 2.24. The van der Waals surface area contributed by atoms with Crippen LogP contribution in [-0.4, -0.2) is 69.8 Å². The van der Waals surface area contributed by atoms with Gasteiger partial charge < -0.3 is 14.7 Å². The van der Waals surface area contributed by atoms with E-state index >= 15 is 0 Å². The van der Waals surface area contributed by atoms with Gasteiger partial charge in [0.05, 0.1) is 0 Å². The van der Waals surface area contributed by atoms with Gasteiger partial charge in [0.2, 0.25) is 5.96 Å². The normalized spacial score (nSPS) is 23.6. The van der Waals surface area contributed by atoms with Gasteiger partial charge in [-0.1, -0.05) is 36.4 Å². The van der Waals surface area contributed by atoms with Crippen molar-refractivity contribution in [3.8, 4) is 0 Å². The van der Waals surface area contributed by atoms with Gasteiger partial charge in [-0.25, -0.2) is 9.79 Å². The molecule has 0 aliphatic carbocycles. The van der Waals surface area contributed by atoms with Crippen LogP contribution in [0.25, 0.3) is 0 Å². The summed E-state index contributed by atoms with van der Waals surface area (Å²) in [7, 11) is 1.72. The van der Waals surface area contributed by atoms with Crippen molar-refractivity contribution < 1.29 is 9.59 Å². The van der Waals surface area contributed by atoms with Crippen molar-refractivity contribution in [2.45, 2.75) is 32.0 Å². The summed E-state index contributed by atoms with van der Waals surface area (Å²) in [6, 6.07) is 9.32. The van der Waals surface area contributed by atoms with Crippen LogP contribution in [0.3, 0.4) is 0 Å². The summed E-state index contributed by atoms with van der Waals surface area (Å²) in [6.45, 7) is 6.80. The molecule has 1 aromatic carbocycles. The molecule has 1 aromatic rings. The molecule has 4 rings (SSSR count). The number of aryl methyl sites for hydroxylation is 1. The largest absolute Gasteiger partial charge is 0.328 e. The molecule has 3 amide bonds. The van der Waals surface area contributed by atoms with Crippen molar-refractivity contribution >= 4 is 17.9 Å². The highest BCUT2D eigenvalue weighted by Gasteiger charge is 2.53. The molecule has 0 spiro atoms. The molecule has 28 heavy (non-hydrogen) atoms. The summed E-state index contributed by atoms with van der Waals surface area (Å²) in [5, 5.41) is 0. The smallest absolute Gasteiger partial charge is 0.311 e. The number of benzene rings is 1. The molecule has 0 bridgehead atoms. The van der Waals surface area contributed by atoms with Crippen molar-refractivity contribution in [2.75, 3.05) is 20.1 Å². The summed E-state index contributed by atoms with van der Waals surface area (Å²) in [5.74, 6) is 0.538. The maximum absolute atomic E-state index is 13.2. The minimum absolute atomic E-state index is 0.176. The molecule has 7 nitrogen and oxygen atoms in total. The number of fused-ring (bicyclic) bond motifs is 3. The number of rotatable bonds is 6. The zero-order valence-corrected chi connectivity index (χ0v) is 16.3. The number of nitrogens with zero attached hydrogens (tertiary/aromatic N) is 5. The van der Waals surface area contributed by atoms with Crippen LogP contribution >= 0.6 is 0 Å². The maximum Gasteiger partial charge on any atom is 0.328 e. The molecular weight excluding hydrogens is 354 g/mol. The van der Waals surface area contributed by atoms with E-state index in [1.54, 1.807) is 18.0 Å². The highest BCUT2D eigenvalue weighted by molar-refractivity contribution is 6.04. The standard InChI is InChI=1S/C21H25N5O2/c1-4-12-24-15(2)14-26-17-18(22-20(24)26)23(3)21(28)25(19(17)27)13-8-11-16-9-6-5-7-10-16/h4-7,9-10,14,17-18H,1,8,11-13H2,2-3H3. The highest BCUT2D eigenvalue weighted by atomic mass is 16.2. The third kappa shape index (κ3) is 2.87. The van der Waals surface area contributed by atoms with Crippen LogP contribution in [0.15, 0.2) is 59.9 Å². The zero-order chi connectivity index (χ0) is 19.8. The molecule has 2 atom stereocenters. The summed E-state index contributed by atoms with van der Waals surface area (Å²) < 4.78 is 0. The Bertz CT molecular complexity index is 863. The van der Waals surface area contributed by atoms with E-state index < -0.39 is 12.2 Å². The number of hydrogen-bond acceptors (Lipinski definition) is 5. The number of imide groups is 1. The Morgan fingerprint density at radius 2 is 1.93 bits per heavy atom. The number of aliphatic imine (C=N–C) groups is 1. The number of carbonyl (C=O) groups excluding carboxylic acids is 2. The van der Waals surface area contributed by atoms with Gasteiger partial charge in [0, 0.05) is 32.0 Å². The Kier molecular flexibility index (Phi) is 4.66. The van der Waals surface area contributed by atoms with Gasteiger partial charge in [0.15, 0.2) is 12.2 Å². The van der Waals surface area contributed by atoms with Gasteiger partial charge in [0.1, 0.15) is 0 Å². The van der Waals surface area contributed by atoms with E-state index in [-0.39, 0.29) is 11.9 Å². The van der Waals surface area contributed by atoms with Crippen molar-refractivity contribution in [1.82, 2.24) is 19.6 Å². The fourth-order valence-electron chi connectivity index (χ4n) is 4.05. The molecule has 0 radical (unpaired) electrons. The van der Waals surface area contributed by atoms with Gasteiger partial charge in [-0.3, -0.25) is 9.69 Å². The quantitative estimate of drug-likeness (QED) is 0.712. The van der Waals surface area contributed by atoms with Gasteiger partial charge in [-0.2, -0.15) is 0 Å². The molecule has 1 fully saturated rings. The van der Waals surface area contributed by atoms with Crippen LogP contribution in [0.2, 0.25) is 0 Å². The Morgan fingerprint density at radius 1 is 1.18 bits per heavy atom. The molecule has 146 valence electrons. The number of guanidine groups is 1. The lowest BCUT2D eigenvalue weighted by Gasteiger charge is -2.40. The van der Waals surface area contributed by atoms with E-state index in [1.807, 2.05) is 41.1 Å². The summed E-state index contributed by atoms with van der Waals surface area (Å²) in [6.07, 6.45) is 4.82. The molecule has 0 saturated carbocycles. The van der Waals surface area contributed by atoms with E-state index in [4.69, 9.17) is 4.99 Å². The molecular formula is C21H25N5O2. The first-order chi connectivity index (χ1) is 13.5. The molecule has 3 aliphatic rings. The second kappa shape index (κ2) is 7.14. The van der Waals surface area contributed by atoms with Gasteiger partial charge >= 0.3 is 6.03 Å². The van der Waals surface area contributed by atoms with Crippen LogP contribution < -0.4 is 0 Å². The van der Waals surface area contributed by atoms with Gasteiger partial charge in [0.25, 0.3) is 5.91 Å². The molecule has 1 saturated heterocycles. The highest BCUT2D eigenvalue weighted by Crippen LogP contribution is 2.33. The molecule has 2 unspecified atom stereocenters. The molecule has 0 N–H and O–H groups in total. The third-order valence-corrected chi connectivity index (χ3v) is 5.50. The number of amides is 3. The molecule has 3 heterocycles. The lowest BCUT2D eigenvalue weighted by Crippen LogP contribution is -2.64. The zero-order valence-electron chi connectivity index (χ0n) is 16.3. The van der Waals surface area contributed by atoms with Crippen molar-refractivity contribution in [2.24, 2.45) is 4.99 Å². The topological polar surface area (TPSA) is 59.5 Å². The number of allylic oxidation sites excluding steroid dienone is 1. The summed E-state index contributed by atoms with van der Waals surface area (Å²) in [4.78, 5) is 37.6. The Labute approximate surface area is 165 Å². The van der Waals surface area contributed by atoms with E-state index in [9.17, 15) is 9.59 Å². The van der Waals surface area contributed by atoms with Crippen LogP contribution in [0, 0.1) is 0 Å². The molecule has 0 aromatic heterocycles. The van der Waals surface area contributed by atoms with E-state index in [2.05, 4.69) is 18.7 Å². The van der Waals surface area contributed by atoms with E-state index in [1.165, 1.54) is 10.5 Å². The minimum Gasteiger partial charge on any atom is -0.311 e. The van der Waals surface area contributed by atoms with Crippen molar-refractivity contribution in [1.29, 1.82) is 0 Å².